The lowest BCUT2D eigenvalue weighted by molar-refractivity contribution is 0.104. The van der Waals surface area contributed by atoms with Gasteiger partial charge >= 0.3 is 0 Å². The Morgan fingerprint density at radius 1 is 1.11 bits per heavy atom. The van der Waals surface area contributed by atoms with Crippen LogP contribution in [0.25, 0.3) is 6.08 Å². The Kier molecular flexibility index (Phi) is 3.61. The van der Waals surface area contributed by atoms with Crippen molar-refractivity contribution in [1.82, 2.24) is 0 Å². The fourth-order valence-electron chi connectivity index (χ4n) is 1.58. The molecule has 19 heavy (non-hydrogen) atoms. The molecule has 0 heterocycles. The monoisotopic (exact) mass is 258 g/mol. The van der Waals surface area contributed by atoms with Gasteiger partial charge in [-0.1, -0.05) is 12.1 Å². The standard InChI is InChI=1S/C15H11FO3/c16-12-3-1-2-10(8-12)14(18)6-4-11-9-13(17)5-7-15(11)19/h1-9,17,19H. The summed E-state index contributed by atoms with van der Waals surface area (Å²) in [7, 11) is 0. The maximum Gasteiger partial charge on any atom is 0.185 e. The zero-order valence-corrected chi connectivity index (χ0v) is 9.88. The molecular formula is C15H11FO3. The minimum atomic E-state index is -0.487. The van der Waals surface area contributed by atoms with Crippen molar-refractivity contribution in [3.8, 4) is 11.5 Å². The fraction of sp³-hybridized carbons (Fsp3) is 0. The number of hydrogen-bond donors (Lipinski definition) is 2. The van der Waals surface area contributed by atoms with E-state index in [1.54, 1.807) is 0 Å². The Morgan fingerprint density at radius 3 is 2.63 bits per heavy atom. The first-order chi connectivity index (χ1) is 9.06. The van der Waals surface area contributed by atoms with Gasteiger partial charge in [-0.25, -0.2) is 4.39 Å². The minimum Gasteiger partial charge on any atom is -0.508 e. The molecule has 0 atom stereocenters. The zero-order chi connectivity index (χ0) is 13.8. The van der Waals surface area contributed by atoms with Gasteiger partial charge in [-0.05, 0) is 42.5 Å². The van der Waals surface area contributed by atoms with Crippen LogP contribution in [0.2, 0.25) is 0 Å². The molecule has 4 heteroatoms. The van der Waals surface area contributed by atoms with E-state index in [0.29, 0.717) is 5.56 Å². The van der Waals surface area contributed by atoms with E-state index in [4.69, 9.17) is 0 Å². The van der Waals surface area contributed by atoms with E-state index in [0.717, 1.165) is 6.07 Å². The topological polar surface area (TPSA) is 57.5 Å². The Morgan fingerprint density at radius 2 is 1.89 bits per heavy atom. The summed E-state index contributed by atoms with van der Waals surface area (Å²) in [5.41, 5.74) is 0.528. The van der Waals surface area contributed by atoms with Crippen molar-refractivity contribution < 1.29 is 19.4 Å². The molecule has 0 amide bonds. The van der Waals surface area contributed by atoms with Gasteiger partial charge in [0.15, 0.2) is 5.78 Å². The Hall–Kier alpha value is -2.62. The number of carbonyl (C=O) groups is 1. The van der Waals surface area contributed by atoms with Gasteiger partial charge in [0, 0.05) is 11.1 Å². The summed E-state index contributed by atoms with van der Waals surface area (Å²) in [5, 5.41) is 18.8. The minimum absolute atomic E-state index is 0.0179. The van der Waals surface area contributed by atoms with Crippen molar-refractivity contribution in [2.24, 2.45) is 0 Å². The van der Waals surface area contributed by atoms with E-state index in [1.165, 1.54) is 48.6 Å². The predicted molar refractivity (Wildman–Crippen MR) is 69.5 cm³/mol. The molecule has 0 bridgehead atoms. The molecule has 2 aromatic rings. The fourth-order valence-corrected chi connectivity index (χ4v) is 1.58. The highest BCUT2D eigenvalue weighted by Crippen LogP contribution is 2.23. The van der Waals surface area contributed by atoms with Crippen LogP contribution in [0.5, 0.6) is 11.5 Å². The highest BCUT2D eigenvalue weighted by atomic mass is 19.1. The number of halogens is 1. The SMILES string of the molecule is O=C(C=Cc1cc(O)ccc1O)c1cccc(F)c1. The maximum absolute atomic E-state index is 13.0. The van der Waals surface area contributed by atoms with Gasteiger partial charge in [-0.3, -0.25) is 4.79 Å². The zero-order valence-electron chi connectivity index (χ0n) is 9.88. The lowest BCUT2D eigenvalue weighted by Crippen LogP contribution is -1.94. The number of rotatable bonds is 3. The van der Waals surface area contributed by atoms with Crippen LogP contribution in [0, 0.1) is 5.82 Å². The van der Waals surface area contributed by atoms with Gasteiger partial charge in [0.05, 0.1) is 0 Å². The third kappa shape index (κ3) is 3.19. The summed E-state index contributed by atoms with van der Waals surface area (Å²) in [6.07, 6.45) is 2.57. The lowest BCUT2D eigenvalue weighted by atomic mass is 10.1. The summed E-state index contributed by atoms with van der Waals surface area (Å²) < 4.78 is 13.0. The molecule has 0 fully saturated rings. The second kappa shape index (κ2) is 5.35. The average Bonchev–Trinajstić information content (AvgIpc) is 2.39. The van der Waals surface area contributed by atoms with Crippen molar-refractivity contribution in [1.29, 1.82) is 0 Å². The predicted octanol–water partition coefficient (Wildman–Crippen LogP) is 3.13. The van der Waals surface area contributed by atoms with Gasteiger partial charge < -0.3 is 10.2 Å². The van der Waals surface area contributed by atoms with Crippen LogP contribution in [-0.4, -0.2) is 16.0 Å². The quantitative estimate of drug-likeness (QED) is 0.505. The van der Waals surface area contributed by atoms with Gasteiger partial charge in [0.25, 0.3) is 0 Å². The van der Waals surface area contributed by atoms with E-state index in [9.17, 15) is 19.4 Å². The van der Waals surface area contributed by atoms with E-state index < -0.39 is 5.82 Å². The lowest BCUT2D eigenvalue weighted by Gasteiger charge is -2.00. The van der Waals surface area contributed by atoms with E-state index >= 15 is 0 Å². The first-order valence-corrected chi connectivity index (χ1v) is 5.56. The average molecular weight is 258 g/mol. The van der Waals surface area contributed by atoms with Gasteiger partial charge in [-0.15, -0.1) is 0 Å². The van der Waals surface area contributed by atoms with Crippen molar-refractivity contribution in [2.45, 2.75) is 0 Å². The molecule has 0 spiro atoms. The van der Waals surface area contributed by atoms with Crippen LogP contribution in [0.3, 0.4) is 0 Å². The number of hydrogen-bond acceptors (Lipinski definition) is 3. The molecule has 0 aliphatic carbocycles. The van der Waals surface area contributed by atoms with Gasteiger partial charge in [0.2, 0.25) is 0 Å². The molecule has 2 aromatic carbocycles. The summed E-state index contributed by atoms with van der Waals surface area (Å²) in [4.78, 5) is 11.8. The van der Waals surface area contributed by atoms with E-state index in [1.807, 2.05) is 0 Å². The van der Waals surface area contributed by atoms with Crippen molar-refractivity contribution in [3.63, 3.8) is 0 Å². The maximum atomic E-state index is 13.0. The van der Waals surface area contributed by atoms with Gasteiger partial charge in [-0.2, -0.15) is 0 Å². The highest BCUT2D eigenvalue weighted by Gasteiger charge is 2.04. The molecule has 0 unspecified atom stereocenters. The van der Waals surface area contributed by atoms with Crippen LogP contribution in [-0.2, 0) is 0 Å². The summed E-state index contributed by atoms with van der Waals surface area (Å²) in [6.45, 7) is 0. The summed E-state index contributed by atoms with van der Waals surface area (Å²) >= 11 is 0. The number of carbonyl (C=O) groups excluding carboxylic acids is 1. The van der Waals surface area contributed by atoms with Crippen molar-refractivity contribution in [3.05, 3.63) is 65.5 Å². The molecule has 2 N–H and O–H groups in total. The number of ketones is 1. The highest BCUT2D eigenvalue weighted by molar-refractivity contribution is 6.06. The smallest absolute Gasteiger partial charge is 0.185 e. The third-order valence-electron chi connectivity index (χ3n) is 2.53. The first-order valence-electron chi connectivity index (χ1n) is 5.56. The number of aromatic hydroxyl groups is 2. The number of phenols is 2. The second-order valence-electron chi connectivity index (χ2n) is 3.95. The van der Waals surface area contributed by atoms with Gasteiger partial charge in [0.1, 0.15) is 17.3 Å². The number of allylic oxidation sites excluding steroid dienone is 1. The molecular weight excluding hydrogens is 247 g/mol. The van der Waals surface area contributed by atoms with Crippen molar-refractivity contribution in [2.75, 3.05) is 0 Å². The largest absolute Gasteiger partial charge is 0.508 e. The van der Waals surface area contributed by atoms with Crippen LogP contribution in [0.15, 0.2) is 48.5 Å². The molecule has 0 saturated carbocycles. The Bertz CT molecular complexity index is 648. The Balaban J connectivity index is 2.23. The van der Waals surface area contributed by atoms with Crippen LogP contribution in [0.4, 0.5) is 4.39 Å². The molecule has 3 nitrogen and oxygen atoms in total. The summed E-state index contributed by atoms with van der Waals surface area (Å²) in [6, 6.07) is 9.31. The van der Waals surface area contributed by atoms with Crippen LogP contribution < -0.4 is 0 Å². The first kappa shape index (κ1) is 12.8. The number of benzene rings is 2. The van der Waals surface area contributed by atoms with Crippen LogP contribution in [0.1, 0.15) is 15.9 Å². The second-order valence-corrected chi connectivity index (χ2v) is 3.95. The Labute approximate surface area is 109 Å². The third-order valence-corrected chi connectivity index (χ3v) is 2.53. The van der Waals surface area contributed by atoms with E-state index in [2.05, 4.69) is 0 Å². The molecule has 0 aliphatic rings. The molecule has 0 saturated heterocycles. The molecule has 0 aromatic heterocycles. The van der Waals surface area contributed by atoms with E-state index in [-0.39, 0.29) is 22.8 Å². The molecule has 0 aliphatic heterocycles. The number of phenolic OH excluding ortho intramolecular Hbond substituents is 2. The van der Waals surface area contributed by atoms with Crippen molar-refractivity contribution >= 4 is 11.9 Å². The van der Waals surface area contributed by atoms with Crippen LogP contribution >= 0.6 is 0 Å². The molecule has 0 radical (unpaired) electrons. The summed E-state index contributed by atoms with van der Waals surface area (Å²) in [5.74, 6) is -0.946. The normalized spacial score (nSPS) is 10.8. The molecule has 2 rings (SSSR count). The molecule has 96 valence electrons.